The van der Waals surface area contributed by atoms with Crippen molar-refractivity contribution in [2.75, 3.05) is 18.8 Å². The smallest absolute Gasteiger partial charge is 0.246 e. The number of hydrogen-bond acceptors (Lipinski definition) is 6. The van der Waals surface area contributed by atoms with Crippen molar-refractivity contribution in [3.8, 4) is 0 Å². The van der Waals surface area contributed by atoms with E-state index in [0.29, 0.717) is 25.5 Å². The molecule has 0 bridgehead atoms. The fraction of sp³-hybridized carbons (Fsp3) is 0.381. The van der Waals surface area contributed by atoms with Crippen LogP contribution in [0.2, 0.25) is 0 Å². The maximum atomic E-state index is 12.4. The number of aryl methyl sites for hydroxylation is 1. The number of pyridine rings is 1. The fourth-order valence-electron chi connectivity index (χ4n) is 3.63. The Balaban J connectivity index is 1.64. The normalized spacial score (nSPS) is 16.0. The van der Waals surface area contributed by atoms with Crippen LogP contribution in [0.1, 0.15) is 25.6 Å². The maximum absolute atomic E-state index is 12.4. The van der Waals surface area contributed by atoms with Crippen molar-refractivity contribution in [1.82, 2.24) is 19.9 Å². The van der Waals surface area contributed by atoms with Crippen molar-refractivity contribution in [2.24, 2.45) is 9.98 Å². The number of fused-ring (bicyclic) bond motifs is 3. The molecule has 4 rings (SSSR count). The minimum Gasteiger partial charge on any atom is -0.382 e. The van der Waals surface area contributed by atoms with E-state index < -0.39 is 6.04 Å². The van der Waals surface area contributed by atoms with E-state index in [4.69, 9.17) is 10.7 Å². The molecule has 2 aromatic heterocycles. The molecule has 1 atom stereocenters. The van der Waals surface area contributed by atoms with Crippen LogP contribution in [-0.2, 0) is 17.8 Å². The van der Waals surface area contributed by atoms with E-state index in [1.54, 1.807) is 12.4 Å². The summed E-state index contributed by atoms with van der Waals surface area (Å²) in [5.74, 6) is 1.30. The number of para-hydroxylation sites is 1. The van der Waals surface area contributed by atoms with E-state index >= 15 is 0 Å². The first-order valence-electron chi connectivity index (χ1n) is 10.0. The third-order valence-corrected chi connectivity index (χ3v) is 5.10. The van der Waals surface area contributed by atoms with Crippen LogP contribution >= 0.6 is 0 Å². The Labute approximate surface area is 169 Å². The lowest BCUT2D eigenvalue weighted by Crippen LogP contribution is -2.38. The summed E-state index contributed by atoms with van der Waals surface area (Å²) in [6, 6.07) is 7.50. The summed E-state index contributed by atoms with van der Waals surface area (Å²) in [4.78, 5) is 30.0. The van der Waals surface area contributed by atoms with Gasteiger partial charge in [-0.1, -0.05) is 31.5 Å². The van der Waals surface area contributed by atoms with Gasteiger partial charge in [0.05, 0.1) is 17.6 Å². The van der Waals surface area contributed by atoms with Crippen LogP contribution in [-0.4, -0.2) is 52.0 Å². The van der Waals surface area contributed by atoms with Gasteiger partial charge in [-0.3, -0.25) is 14.8 Å². The number of amides is 1. The monoisotopic (exact) mass is 391 g/mol. The summed E-state index contributed by atoms with van der Waals surface area (Å²) in [5, 5.41) is 4.00. The third-order valence-electron chi connectivity index (χ3n) is 5.10. The fourth-order valence-corrected chi connectivity index (χ4v) is 3.63. The number of benzene rings is 1. The highest BCUT2D eigenvalue weighted by molar-refractivity contribution is 6.17. The van der Waals surface area contributed by atoms with Gasteiger partial charge in [0.15, 0.2) is 5.82 Å². The summed E-state index contributed by atoms with van der Waals surface area (Å²) >= 11 is 0. The summed E-state index contributed by atoms with van der Waals surface area (Å²) in [6.07, 6.45) is 6.16. The van der Waals surface area contributed by atoms with Gasteiger partial charge < -0.3 is 15.6 Å². The van der Waals surface area contributed by atoms with Crippen molar-refractivity contribution in [2.45, 2.75) is 38.8 Å². The second-order valence-corrected chi connectivity index (χ2v) is 7.11. The summed E-state index contributed by atoms with van der Waals surface area (Å²) in [6.45, 7) is 3.64. The van der Waals surface area contributed by atoms with Crippen molar-refractivity contribution < 1.29 is 4.79 Å². The molecule has 0 aliphatic carbocycles. The molecule has 3 aromatic rings. The number of hydrogen-bond donors (Lipinski definition) is 2. The second kappa shape index (κ2) is 8.38. The Morgan fingerprint density at radius 3 is 2.93 bits per heavy atom. The Bertz CT molecular complexity index is 1100. The van der Waals surface area contributed by atoms with Gasteiger partial charge in [-0.2, -0.15) is 0 Å². The molecule has 1 aliphatic rings. The zero-order valence-electron chi connectivity index (χ0n) is 16.5. The SMILES string of the molecule is CCCCc1nc2c(N)nc3ccccc3c2n1CCNC(=O)C1CN=CC=N1. The van der Waals surface area contributed by atoms with Gasteiger partial charge in [-0.05, 0) is 12.5 Å². The quantitative estimate of drug-likeness (QED) is 0.643. The van der Waals surface area contributed by atoms with Gasteiger partial charge in [0.1, 0.15) is 17.4 Å². The van der Waals surface area contributed by atoms with Crippen LogP contribution < -0.4 is 11.1 Å². The molecule has 8 nitrogen and oxygen atoms in total. The Morgan fingerprint density at radius 2 is 2.14 bits per heavy atom. The molecule has 0 radical (unpaired) electrons. The van der Waals surface area contributed by atoms with E-state index in [2.05, 4.69) is 31.8 Å². The lowest BCUT2D eigenvalue weighted by atomic mass is 10.2. The van der Waals surface area contributed by atoms with Gasteiger partial charge >= 0.3 is 0 Å². The molecule has 1 unspecified atom stereocenters. The van der Waals surface area contributed by atoms with Crippen LogP contribution in [0.15, 0.2) is 34.3 Å². The number of nitrogens with zero attached hydrogens (tertiary/aromatic N) is 5. The Hall–Kier alpha value is -3.29. The van der Waals surface area contributed by atoms with E-state index in [1.807, 2.05) is 24.3 Å². The molecule has 0 saturated heterocycles. The standard InChI is InChI=1S/C21H25N7O/c1-2-3-8-17-27-18-19(14-6-4-5-7-15(14)26-20(18)22)28(17)12-11-25-21(29)16-13-23-9-10-24-16/h4-7,9-10,16H,2-3,8,11-13H2,1H3,(H2,22,26)(H,25,29). The molecule has 29 heavy (non-hydrogen) atoms. The molecule has 3 N–H and O–H groups in total. The van der Waals surface area contributed by atoms with E-state index in [9.17, 15) is 4.79 Å². The van der Waals surface area contributed by atoms with Crippen molar-refractivity contribution in [3.05, 3.63) is 30.1 Å². The largest absolute Gasteiger partial charge is 0.382 e. The van der Waals surface area contributed by atoms with Crippen molar-refractivity contribution in [3.63, 3.8) is 0 Å². The number of rotatable bonds is 7. The molecule has 1 aliphatic heterocycles. The van der Waals surface area contributed by atoms with Gasteiger partial charge in [-0.15, -0.1) is 0 Å². The first-order chi connectivity index (χ1) is 14.2. The number of carbonyl (C=O) groups excluding carboxylic acids is 1. The summed E-state index contributed by atoms with van der Waals surface area (Å²) in [7, 11) is 0. The van der Waals surface area contributed by atoms with Crippen LogP contribution in [0.25, 0.3) is 21.9 Å². The number of aromatic nitrogens is 3. The zero-order valence-corrected chi connectivity index (χ0v) is 16.5. The average Bonchev–Trinajstić information content (AvgIpc) is 3.12. The molecule has 0 spiro atoms. The van der Waals surface area contributed by atoms with Gasteiger partial charge in [0.25, 0.3) is 0 Å². The van der Waals surface area contributed by atoms with Crippen LogP contribution in [0.5, 0.6) is 0 Å². The lowest BCUT2D eigenvalue weighted by molar-refractivity contribution is -0.122. The predicted octanol–water partition coefficient (Wildman–Crippen LogP) is 2.15. The van der Waals surface area contributed by atoms with Gasteiger partial charge in [0.2, 0.25) is 5.91 Å². The Morgan fingerprint density at radius 1 is 1.28 bits per heavy atom. The van der Waals surface area contributed by atoms with E-state index in [1.165, 1.54) is 0 Å². The number of aliphatic imine (C=N–C) groups is 2. The minimum atomic E-state index is -0.445. The van der Waals surface area contributed by atoms with Crippen molar-refractivity contribution in [1.29, 1.82) is 0 Å². The highest BCUT2D eigenvalue weighted by atomic mass is 16.2. The number of nitrogens with two attached hydrogens (primary N) is 1. The van der Waals surface area contributed by atoms with E-state index in [-0.39, 0.29) is 5.91 Å². The summed E-state index contributed by atoms with van der Waals surface area (Å²) in [5.41, 5.74) is 8.78. The minimum absolute atomic E-state index is 0.108. The van der Waals surface area contributed by atoms with Crippen LogP contribution in [0, 0.1) is 0 Å². The summed E-state index contributed by atoms with van der Waals surface area (Å²) < 4.78 is 2.17. The number of anilines is 1. The number of nitrogen functional groups attached to an aromatic ring is 1. The molecule has 1 aromatic carbocycles. The molecular formula is C21H25N7O. The molecule has 0 fully saturated rings. The van der Waals surface area contributed by atoms with Gasteiger partial charge in [0, 0.05) is 37.3 Å². The lowest BCUT2D eigenvalue weighted by Gasteiger charge is -2.14. The number of unbranched alkanes of at least 4 members (excludes halogenated alkanes) is 1. The predicted molar refractivity (Wildman–Crippen MR) is 117 cm³/mol. The van der Waals surface area contributed by atoms with Gasteiger partial charge in [-0.25, -0.2) is 9.97 Å². The first kappa shape index (κ1) is 19.0. The number of nitrogens with one attached hydrogen (secondary N) is 1. The van der Waals surface area contributed by atoms with Crippen molar-refractivity contribution >= 4 is 46.1 Å². The molecule has 0 saturated carbocycles. The topological polar surface area (TPSA) is 111 Å². The number of carbonyl (C=O) groups is 1. The molecule has 3 heterocycles. The van der Waals surface area contributed by atoms with Crippen LogP contribution in [0.3, 0.4) is 0 Å². The molecule has 150 valence electrons. The van der Waals surface area contributed by atoms with Crippen LogP contribution in [0.4, 0.5) is 5.82 Å². The average molecular weight is 391 g/mol. The molecule has 8 heteroatoms. The maximum Gasteiger partial charge on any atom is 0.246 e. The third kappa shape index (κ3) is 3.83. The molecular weight excluding hydrogens is 366 g/mol. The first-order valence-corrected chi connectivity index (χ1v) is 10.0. The van der Waals surface area contributed by atoms with E-state index in [0.717, 1.165) is 47.0 Å². The Kier molecular flexibility index (Phi) is 5.50. The zero-order chi connectivity index (χ0) is 20.2. The highest BCUT2D eigenvalue weighted by Gasteiger charge is 2.19. The molecule has 1 amide bonds. The second-order valence-electron chi connectivity index (χ2n) is 7.11. The highest BCUT2D eigenvalue weighted by Crippen LogP contribution is 2.29. The number of imidazole rings is 1.